The van der Waals surface area contributed by atoms with E-state index in [4.69, 9.17) is 15.2 Å². The van der Waals surface area contributed by atoms with Crippen molar-refractivity contribution in [2.75, 3.05) is 12.8 Å². The van der Waals surface area contributed by atoms with Crippen molar-refractivity contribution in [1.29, 1.82) is 0 Å². The lowest BCUT2D eigenvalue weighted by atomic mass is 10.2. The van der Waals surface area contributed by atoms with Crippen LogP contribution in [0.25, 0.3) is 0 Å². The normalized spacial score (nSPS) is 10.2. The molecule has 2 aromatic rings. The smallest absolute Gasteiger partial charge is 0.168 e. The topological polar surface area (TPSA) is 44.5 Å². The molecule has 0 unspecified atom stereocenters. The van der Waals surface area contributed by atoms with Crippen molar-refractivity contribution < 1.29 is 13.9 Å². The maximum absolute atomic E-state index is 13.7. The molecule has 0 heterocycles. The van der Waals surface area contributed by atoms with Crippen molar-refractivity contribution in [3.63, 3.8) is 0 Å². The average molecular weight is 312 g/mol. The highest BCUT2D eigenvalue weighted by Crippen LogP contribution is 2.33. The van der Waals surface area contributed by atoms with Crippen LogP contribution in [0.4, 0.5) is 10.1 Å². The molecular formula is C13H11BrFNO2. The molecule has 0 aromatic heterocycles. The molecule has 0 fully saturated rings. The maximum atomic E-state index is 13.7. The van der Waals surface area contributed by atoms with Crippen molar-refractivity contribution in [3.05, 3.63) is 46.7 Å². The summed E-state index contributed by atoms with van der Waals surface area (Å²) in [6.45, 7) is 0. The first-order valence-electron chi connectivity index (χ1n) is 5.16. The number of ether oxygens (including phenoxy) is 2. The van der Waals surface area contributed by atoms with E-state index in [1.807, 2.05) is 12.1 Å². The van der Waals surface area contributed by atoms with Gasteiger partial charge in [0.2, 0.25) is 0 Å². The van der Waals surface area contributed by atoms with Gasteiger partial charge >= 0.3 is 0 Å². The molecule has 2 aromatic carbocycles. The van der Waals surface area contributed by atoms with Crippen LogP contribution in [-0.4, -0.2) is 7.11 Å². The van der Waals surface area contributed by atoms with E-state index in [0.717, 1.165) is 4.47 Å². The number of benzene rings is 2. The number of methoxy groups -OCH3 is 1. The maximum Gasteiger partial charge on any atom is 0.168 e. The van der Waals surface area contributed by atoms with E-state index in [1.165, 1.54) is 19.2 Å². The summed E-state index contributed by atoms with van der Waals surface area (Å²) in [6, 6.07) is 9.67. The van der Waals surface area contributed by atoms with Crippen molar-refractivity contribution in [1.82, 2.24) is 0 Å². The van der Waals surface area contributed by atoms with Crippen LogP contribution in [0.3, 0.4) is 0 Å². The van der Waals surface area contributed by atoms with Gasteiger partial charge in [0.1, 0.15) is 11.5 Å². The Morgan fingerprint density at radius 2 is 1.78 bits per heavy atom. The van der Waals surface area contributed by atoms with Crippen LogP contribution in [0, 0.1) is 5.82 Å². The third-order valence-corrected chi connectivity index (χ3v) is 2.85. The Labute approximate surface area is 112 Å². The SMILES string of the molecule is COc1cc(Oc2ccc(Br)cc2)c(F)cc1N. The van der Waals surface area contributed by atoms with E-state index >= 15 is 0 Å². The second kappa shape index (κ2) is 5.27. The zero-order chi connectivity index (χ0) is 13.1. The number of nitrogen functional groups attached to an aromatic ring is 1. The largest absolute Gasteiger partial charge is 0.494 e. The highest BCUT2D eigenvalue weighted by Gasteiger charge is 2.10. The van der Waals surface area contributed by atoms with E-state index < -0.39 is 5.82 Å². The standard InChI is InChI=1S/C13H11BrFNO2/c1-17-13-7-12(10(15)6-11(13)16)18-9-4-2-8(14)3-5-9/h2-7H,16H2,1H3. The van der Waals surface area contributed by atoms with Gasteiger partial charge in [-0.3, -0.25) is 0 Å². The monoisotopic (exact) mass is 311 g/mol. The van der Waals surface area contributed by atoms with E-state index in [1.54, 1.807) is 12.1 Å². The first kappa shape index (κ1) is 12.7. The predicted octanol–water partition coefficient (Wildman–Crippen LogP) is 3.97. The molecule has 0 radical (unpaired) electrons. The molecule has 0 aliphatic carbocycles. The first-order valence-corrected chi connectivity index (χ1v) is 5.96. The molecule has 2 N–H and O–H groups in total. The minimum atomic E-state index is -0.531. The van der Waals surface area contributed by atoms with Gasteiger partial charge in [0.15, 0.2) is 11.6 Å². The lowest BCUT2D eigenvalue weighted by Crippen LogP contribution is -1.96. The third kappa shape index (κ3) is 2.73. The number of rotatable bonds is 3. The molecule has 0 bridgehead atoms. The van der Waals surface area contributed by atoms with Gasteiger partial charge in [-0.05, 0) is 24.3 Å². The summed E-state index contributed by atoms with van der Waals surface area (Å²) in [7, 11) is 1.47. The highest BCUT2D eigenvalue weighted by molar-refractivity contribution is 9.10. The summed E-state index contributed by atoms with van der Waals surface area (Å²) in [6.07, 6.45) is 0. The molecule has 0 saturated heterocycles. The van der Waals surface area contributed by atoms with E-state index in [9.17, 15) is 4.39 Å². The second-order valence-electron chi connectivity index (χ2n) is 3.58. The zero-order valence-electron chi connectivity index (χ0n) is 9.61. The van der Waals surface area contributed by atoms with Crippen LogP contribution < -0.4 is 15.2 Å². The minimum absolute atomic E-state index is 0.0726. The van der Waals surface area contributed by atoms with Gasteiger partial charge in [-0.25, -0.2) is 4.39 Å². The second-order valence-corrected chi connectivity index (χ2v) is 4.50. The molecule has 3 nitrogen and oxygen atoms in total. The number of anilines is 1. The summed E-state index contributed by atoms with van der Waals surface area (Å²) in [5, 5.41) is 0. The molecule has 2 rings (SSSR count). The fourth-order valence-corrected chi connectivity index (χ4v) is 1.70. The Balaban J connectivity index is 2.31. The third-order valence-electron chi connectivity index (χ3n) is 2.33. The van der Waals surface area contributed by atoms with E-state index in [2.05, 4.69) is 15.9 Å². The molecule has 0 atom stereocenters. The molecular weight excluding hydrogens is 301 g/mol. The summed E-state index contributed by atoms with van der Waals surface area (Å²) >= 11 is 3.31. The molecule has 0 aliphatic heterocycles. The number of hydrogen-bond acceptors (Lipinski definition) is 3. The molecule has 5 heteroatoms. The molecule has 18 heavy (non-hydrogen) atoms. The van der Waals surface area contributed by atoms with Crippen LogP contribution in [-0.2, 0) is 0 Å². The Kier molecular flexibility index (Phi) is 3.72. The van der Waals surface area contributed by atoms with Gasteiger partial charge in [0.25, 0.3) is 0 Å². The van der Waals surface area contributed by atoms with Gasteiger partial charge < -0.3 is 15.2 Å². The Bertz CT molecular complexity index is 558. The zero-order valence-corrected chi connectivity index (χ0v) is 11.2. The summed E-state index contributed by atoms with van der Waals surface area (Å²) < 4.78 is 25.0. The molecule has 94 valence electrons. The molecule has 0 amide bonds. The average Bonchev–Trinajstić information content (AvgIpc) is 2.35. The van der Waals surface area contributed by atoms with E-state index in [0.29, 0.717) is 11.5 Å². The van der Waals surface area contributed by atoms with Crippen LogP contribution in [0.15, 0.2) is 40.9 Å². The minimum Gasteiger partial charge on any atom is -0.494 e. The van der Waals surface area contributed by atoms with Crippen molar-refractivity contribution in [2.45, 2.75) is 0 Å². The molecule has 0 aliphatic rings. The Morgan fingerprint density at radius 3 is 2.39 bits per heavy atom. The highest BCUT2D eigenvalue weighted by atomic mass is 79.9. The summed E-state index contributed by atoms with van der Waals surface area (Å²) in [5.41, 5.74) is 5.82. The Morgan fingerprint density at radius 1 is 1.11 bits per heavy atom. The number of halogens is 2. The summed E-state index contributed by atoms with van der Waals surface area (Å²) in [4.78, 5) is 0. The number of hydrogen-bond donors (Lipinski definition) is 1. The van der Waals surface area contributed by atoms with Crippen LogP contribution >= 0.6 is 15.9 Å². The fourth-order valence-electron chi connectivity index (χ4n) is 1.43. The predicted molar refractivity (Wildman–Crippen MR) is 71.6 cm³/mol. The van der Waals surface area contributed by atoms with Crippen LogP contribution in [0.1, 0.15) is 0 Å². The van der Waals surface area contributed by atoms with Crippen molar-refractivity contribution in [2.24, 2.45) is 0 Å². The van der Waals surface area contributed by atoms with Crippen LogP contribution in [0.2, 0.25) is 0 Å². The lowest BCUT2D eigenvalue weighted by molar-refractivity contribution is 0.403. The van der Waals surface area contributed by atoms with Gasteiger partial charge in [0, 0.05) is 16.6 Å². The lowest BCUT2D eigenvalue weighted by Gasteiger charge is -2.10. The first-order chi connectivity index (χ1) is 8.60. The van der Waals surface area contributed by atoms with Gasteiger partial charge in [-0.2, -0.15) is 0 Å². The summed E-state index contributed by atoms with van der Waals surface area (Å²) in [5.74, 6) is 0.451. The number of nitrogens with two attached hydrogens (primary N) is 1. The van der Waals surface area contributed by atoms with Crippen LogP contribution in [0.5, 0.6) is 17.2 Å². The van der Waals surface area contributed by atoms with Crippen molar-refractivity contribution in [3.8, 4) is 17.2 Å². The van der Waals surface area contributed by atoms with Gasteiger partial charge in [0.05, 0.1) is 12.8 Å². The van der Waals surface area contributed by atoms with Gasteiger partial charge in [-0.1, -0.05) is 15.9 Å². The fraction of sp³-hybridized carbons (Fsp3) is 0.0769. The van der Waals surface area contributed by atoms with E-state index in [-0.39, 0.29) is 11.4 Å². The Hall–Kier alpha value is -1.75. The molecule has 0 saturated carbocycles. The molecule has 0 spiro atoms. The van der Waals surface area contributed by atoms with Crippen molar-refractivity contribution >= 4 is 21.6 Å². The van der Waals surface area contributed by atoms with Gasteiger partial charge in [-0.15, -0.1) is 0 Å². The quantitative estimate of drug-likeness (QED) is 0.872.